The number of aliphatic hydroxyl groups excluding tert-OH is 2. The molecule has 0 fully saturated rings. The maximum Gasteiger partial charge on any atom is 0.372 e. The Morgan fingerprint density at radius 3 is 1.67 bits per heavy atom. The molecule has 0 atom stereocenters. The predicted molar refractivity (Wildman–Crippen MR) is 37.3 cm³/mol. The standard InChI is InChI=1S/C5H12N2O5/c1-11-6(3-8)5(10)7(4-9)12-2/h8-9H,3-4H2,1-2H3. The molecule has 0 aliphatic carbocycles. The first kappa shape index (κ1) is 11.1. The van der Waals surface area contributed by atoms with Gasteiger partial charge in [-0.1, -0.05) is 0 Å². The lowest BCUT2D eigenvalue weighted by Gasteiger charge is -2.23. The molecule has 0 rings (SSSR count). The van der Waals surface area contributed by atoms with Crippen molar-refractivity contribution in [2.75, 3.05) is 27.7 Å². The Morgan fingerprint density at radius 1 is 1.17 bits per heavy atom. The van der Waals surface area contributed by atoms with E-state index in [9.17, 15) is 4.79 Å². The van der Waals surface area contributed by atoms with Gasteiger partial charge in [0.2, 0.25) is 0 Å². The molecular formula is C5H12N2O5. The molecule has 0 unspecified atom stereocenters. The van der Waals surface area contributed by atoms with Gasteiger partial charge in [0.05, 0.1) is 14.2 Å². The Morgan fingerprint density at radius 2 is 1.50 bits per heavy atom. The molecule has 0 bridgehead atoms. The topological polar surface area (TPSA) is 82.5 Å². The first-order valence-electron chi connectivity index (χ1n) is 3.10. The van der Waals surface area contributed by atoms with Crippen molar-refractivity contribution in [2.24, 2.45) is 0 Å². The van der Waals surface area contributed by atoms with Crippen LogP contribution in [0.5, 0.6) is 0 Å². The molecule has 7 heteroatoms. The molecule has 0 aromatic rings. The number of carbonyl (C=O) groups excluding carboxylic acids is 1. The molecule has 2 N–H and O–H groups in total. The van der Waals surface area contributed by atoms with E-state index in [0.29, 0.717) is 10.1 Å². The van der Waals surface area contributed by atoms with Crippen molar-refractivity contribution in [3.05, 3.63) is 0 Å². The highest BCUT2D eigenvalue weighted by Gasteiger charge is 2.19. The van der Waals surface area contributed by atoms with Crippen LogP contribution < -0.4 is 0 Å². The Kier molecular flexibility index (Phi) is 5.30. The van der Waals surface area contributed by atoms with Crippen LogP contribution in [0.2, 0.25) is 0 Å². The lowest BCUT2D eigenvalue weighted by atomic mass is 10.9. The summed E-state index contributed by atoms with van der Waals surface area (Å²) < 4.78 is 0. The summed E-state index contributed by atoms with van der Waals surface area (Å²) in [5.41, 5.74) is 0. The molecule has 2 amide bonds. The van der Waals surface area contributed by atoms with Gasteiger partial charge in [-0.2, -0.15) is 10.1 Å². The van der Waals surface area contributed by atoms with Gasteiger partial charge >= 0.3 is 6.03 Å². The number of hydroxylamine groups is 4. The monoisotopic (exact) mass is 180 g/mol. The molecular weight excluding hydrogens is 168 g/mol. The second-order valence-electron chi connectivity index (χ2n) is 1.69. The number of urea groups is 1. The van der Waals surface area contributed by atoms with E-state index >= 15 is 0 Å². The average molecular weight is 180 g/mol. The van der Waals surface area contributed by atoms with Crippen molar-refractivity contribution in [3.63, 3.8) is 0 Å². The summed E-state index contributed by atoms with van der Waals surface area (Å²) in [6.07, 6.45) is 0. The number of aliphatic hydroxyl groups is 2. The summed E-state index contributed by atoms with van der Waals surface area (Å²) in [5.74, 6) is 0. The molecule has 7 nitrogen and oxygen atoms in total. The molecule has 0 aliphatic heterocycles. The third kappa shape index (κ3) is 2.62. The van der Waals surface area contributed by atoms with Gasteiger partial charge in [-0.25, -0.2) is 4.79 Å². The summed E-state index contributed by atoms with van der Waals surface area (Å²) >= 11 is 0. The highest BCUT2D eigenvalue weighted by Crippen LogP contribution is 1.96. The van der Waals surface area contributed by atoms with E-state index in [1.165, 1.54) is 14.2 Å². The fourth-order valence-electron chi connectivity index (χ4n) is 0.517. The smallest absolute Gasteiger partial charge is 0.372 e. The second kappa shape index (κ2) is 5.72. The molecule has 0 saturated heterocycles. The molecule has 0 heterocycles. The van der Waals surface area contributed by atoms with Crippen LogP contribution >= 0.6 is 0 Å². The largest absolute Gasteiger partial charge is 0.374 e. The van der Waals surface area contributed by atoms with Crippen molar-refractivity contribution >= 4 is 6.03 Å². The van der Waals surface area contributed by atoms with Crippen LogP contribution in [0.15, 0.2) is 0 Å². The Balaban J connectivity index is 4.12. The van der Waals surface area contributed by atoms with Gasteiger partial charge in [0, 0.05) is 0 Å². The van der Waals surface area contributed by atoms with Gasteiger partial charge in [0.1, 0.15) is 13.5 Å². The van der Waals surface area contributed by atoms with Crippen LogP contribution in [0.25, 0.3) is 0 Å². The molecule has 0 aromatic carbocycles. The van der Waals surface area contributed by atoms with Gasteiger partial charge in [-0.05, 0) is 0 Å². The highest BCUT2D eigenvalue weighted by atomic mass is 16.7. The quantitative estimate of drug-likeness (QED) is 0.416. The minimum atomic E-state index is -0.787. The van der Waals surface area contributed by atoms with E-state index in [0.717, 1.165) is 0 Å². The summed E-state index contributed by atoms with van der Waals surface area (Å²) in [6.45, 7) is -1.23. The zero-order valence-electron chi connectivity index (χ0n) is 6.93. The second-order valence-corrected chi connectivity index (χ2v) is 1.69. The van der Waals surface area contributed by atoms with E-state index in [-0.39, 0.29) is 0 Å². The minimum Gasteiger partial charge on any atom is -0.374 e. The molecule has 72 valence electrons. The normalized spacial score (nSPS) is 9.67. The lowest BCUT2D eigenvalue weighted by Crippen LogP contribution is -2.42. The summed E-state index contributed by atoms with van der Waals surface area (Å²) in [4.78, 5) is 19.9. The van der Waals surface area contributed by atoms with Crippen LogP contribution in [0.4, 0.5) is 4.79 Å². The maximum absolute atomic E-state index is 11.0. The van der Waals surface area contributed by atoms with Crippen molar-refractivity contribution in [2.45, 2.75) is 0 Å². The third-order valence-corrected chi connectivity index (χ3v) is 1.12. The average Bonchev–Trinajstić information content (AvgIpc) is 2.09. The Hall–Kier alpha value is -0.890. The van der Waals surface area contributed by atoms with E-state index < -0.39 is 19.5 Å². The highest BCUT2D eigenvalue weighted by molar-refractivity contribution is 5.71. The number of carbonyl (C=O) groups is 1. The van der Waals surface area contributed by atoms with Crippen LogP contribution in [0.3, 0.4) is 0 Å². The molecule has 0 spiro atoms. The number of nitrogens with zero attached hydrogens (tertiary/aromatic N) is 2. The summed E-state index contributed by atoms with van der Waals surface area (Å²) in [6, 6.07) is -0.787. The summed E-state index contributed by atoms with van der Waals surface area (Å²) in [5, 5.41) is 18.3. The maximum atomic E-state index is 11.0. The fraction of sp³-hybridized carbons (Fsp3) is 0.800. The first-order valence-corrected chi connectivity index (χ1v) is 3.10. The molecule has 0 saturated carbocycles. The predicted octanol–water partition coefficient (Wildman–Crippen LogP) is -1.27. The molecule has 0 aliphatic rings. The molecule has 0 radical (unpaired) electrons. The van der Waals surface area contributed by atoms with Gasteiger partial charge in [0.15, 0.2) is 0 Å². The zero-order valence-corrected chi connectivity index (χ0v) is 6.93. The van der Waals surface area contributed by atoms with E-state index in [4.69, 9.17) is 10.2 Å². The zero-order chi connectivity index (χ0) is 9.56. The number of hydrogen-bond donors (Lipinski definition) is 2. The van der Waals surface area contributed by atoms with Crippen LogP contribution in [0, 0.1) is 0 Å². The number of hydrogen-bond acceptors (Lipinski definition) is 5. The van der Waals surface area contributed by atoms with Gasteiger partial charge in [-0.3, -0.25) is 9.68 Å². The number of amides is 2. The van der Waals surface area contributed by atoms with E-state index in [1.807, 2.05) is 0 Å². The van der Waals surface area contributed by atoms with Crippen LogP contribution in [-0.4, -0.2) is 54.1 Å². The van der Waals surface area contributed by atoms with Gasteiger partial charge < -0.3 is 10.2 Å². The third-order valence-electron chi connectivity index (χ3n) is 1.12. The van der Waals surface area contributed by atoms with Crippen LogP contribution in [-0.2, 0) is 9.68 Å². The van der Waals surface area contributed by atoms with Crippen molar-refractivity contribution < 1.29 is 24.7 Å². The van der Waals surface area contributed by atoms with E-state index in [1.54, 1.807) is 0 Å². The van der Waals surface area contributed by atoms with Gasteiger partial charge in [0.25, 0.3) is 0 Å². The van der Waals surface area contributed by atoms with Crippen molar-refractivity contribution in [1.29, 1.82) is 0 Å². The fourth-order valence-corrected chi connectivity index (χ4v) is 0.517. The number of rotatable bonds is 4. The van der Waals surface area contributed by atoms with E-state index in [2.05, 4.69) is 9.68 Å². The lowest BCUT2D eigenvalue weighted by molar-refractivity contribution is -0.193. The van der Waals surface area contributed by atoms with Crippen LogP contribution in [0.1, 0.15) is 0 Å². The first-order chi connectivity index (χ1) is 5.71. The Bertz CT molecular complexity index is 120. The van der Waals surface area contributed by atoms with Gasteiger partial charge in [-0.15, -0.1) is 0 Å². The minimum absolute atomic E-state index is 0.611. The SMILES string of the molecule is CON(CO)C(=O)N(CO)OC. The molecule has 12 heavy (non-hydrogen) atoms. The molecule has 0 aromatic heterocycles. The summed E-state index contributed by atoms with van der Waals surface area (Å²) in [7, 11) is 2.42. The van der Waals surface area contributed by atoms with Crippen molar-refractivity contribution in [3.8, 4) is 0 Å². The Labute approximate surface area is 69.6 Å². The van der Waals surface area contributed by atoms with Crippen molar-refractivity contribution in [1.82, 2.24) is 10.1 Å².